The third-order valence-electron chi connectivity index (χ3n) is 4.70. The van der Waals surface area contributed by atoms with Crippen LogP contribution in [0.25, 0.3) is 0 Å². The van der Waals surface area contributed by atoms with E-state index >= 15 is 0 Å². The highest BCUT2D eigenvalue weighted by molar-refractivity contribution is 5.12. The van der Waals surface area contributed by atoms with Gasteiger partial charge in [0.1, 0.15) is 0 Å². The Bertz CT molecular complexity index is 205. The minimum atomic E-state index is 0.519. The van der Waals surface area contributed by atoms with Gasteiger partial charge in [0.05, 0.1) is 0 Å². The van der Waals surface area contributed by atoms with Gasteiger partial charge in [-0.15, -0.1) is 0 Å². The van der Waals surface area contributed by atoms with E-state index in [-0.39, 0.29) is 0 Å². The van der Waals surface area contributed by atoms with Crippen LogP contribution >= 0.6 is 0 Å². The Kier molecular flexibility index (Phi) is 4.42. The fraction of sp³-hybridized carbons (Fsp3) is 1.00. The summed E-state index contributed by atoms with van der Waals surface area (Å²) < 4.78 is 0. The second kappa shape index (κ2) is 5.05. The van der Waals surface area contributed by atoms with Crippen molar-refractivity contribution in [1.29, 1.82) is 0 Å². The zero-order valence-electron chi connectivity index (χ0n) is 12.0. The molecule has 1 saturated carbocycles. The lowest BCUT2D eigenvalue weighted by molar-refractivity contribution is 0.457. The van der Waals surface area contributed by atoms with Crippen LogP contribution in [0.2, 0.25) is 0 Å². The molecular weight excluding hydrogens is 196 g/mol. The molecule has 2 nitrogen and oxygen atoms in total. The number of hydrogen-bond acceptors (Lipinski definition) is 2. The molecule has 0 radical (unpaired) electrons. The zero-order chi connectivity index (χ0) is 12.4. The van der Waals surface area contributed by atoms with Crippen molar-refractivity contribution < 1.29 is 0 Å². The fourth-order valence-corrected chi connectivity index (χ4v) is 2.66. The molecule has 0 unspecified atom stereocenters. The largest absolute Gasteiger partial charge is 0.315 e. The van der Waals surface area contributed by atoms with Gasteiger partial charge in [0, 0.05) is 13.1 Å². The molecule has 1 fully saturated rings. The van der Waals surface area contributed by atoms with E-state index in [1.807, 2.05) is 0 Å². The van der Waals surface area contributed by atoms with Gasteiger partial charge in [0.25, 0.3) is 0 Å². The summed E-state index contributed by atoms with van der Waals surface area (Å²) in [5.74, 6) is 1.59. The predicted molar refractivity (Wildman–Crippen MR) is 71.6 cm³/mol. The first kappa shape index (κ1) is 14.0. The van der Waals surface area contributed by atoms with Crippen LogP contribution in [0, 0.1) is 22.7 Å². The van der Waals surface area contributed by atoms with Crippen LogP contribution in [0.5, 0.6) is 0 Å². The van der Waals surface area contributed by atoms with Gasteiger partial charge in [0.2, 0.25) is 0 Å². The summed E-state index contributed by atoms with van der Waals surface area (Å²) in [6, 6.07) is 0. The van der Waals surface area contributed by atoms with Gasteiger partial charge in [0.15, 0.2) is 0 Å². The molecule has 0 aromatic heterocycles. The summed E-state index contributed by atoms with van der Waals surface area (Å²) in [4.78, 5) is 0. The summed E-state index contributed by atoms with van der Waals surface area (Å²) >= 11 is 0. The van der Waals surface area contributed by atoms with E-state index in [4.69, 9.17) is 0 Å². The molecular formula is C14H30N2. The number of hydrogen-bond donors (Lipinski definition) is 2. The number of nitrogens with one attached hydrogen (secondary N) is 2. The first-order valence-electron chi connectivity index (χ1n) is 6.71. The minimum absolute atomic E-state index is 0.519. The summed E-state index contributed by atoms with van der Waals surface area (Å²) in [7, 11) is 0. The molecule has 0 saturated heterocycles. The predicted octanol–water partition coefficient (Wildman–Crippen LogP) is 2.50. The lowest BCUT2D eigenvalue weighted by atomic mass is 10.0. The molecule has 1 rings (SSSR count). The zero-order valence-corrected chi connectivity index (χ0v) is 12.0. The van der Waals surface area contributed by atoms with Crippen molar-refractivity contribution in [3.63, 3.8) is 0 Å². The summed E-state index contributed by atoms with van der Waals surface area (Å²) in [6.07, 6.45) is 0. The second-order valence-corrected chi connectivity index (χ2v) is 6.80. The molecule has 0 bridgehead atoms. The normalized spacial score (nSPS) is 22.7. The van der Waals surface area contributed by atoms with Crippen LogP contribution in [-0.4, -0.2) is 26.2 Å². The van der Waals surface area contributed by atoms with Crippen LogP contribution < -0.4 is 10.6 Å². The molecule has 0 spiro atoms. The maximum atomic E-state index is 3.57. The monoisotopic (exact) mass is 226 g/mol. The van der Waals surface area contributed by atoms with Crippen molar-refractivity contribution in [1.82, 2.24) is 10.6 Å². The molecule has 0 aliphatic heterocycles. The Balaban J connectivity index is 2.02. The van der Waals surface area contributed by atoms with Crippen LogP contribution in [-0.2, 0) is 0 Å². The molecule has 0 atom stereocenters. The molecule has 0 aromatic carbocycles. The summed E-state index contributed by atoms with van der Waals surface area (Å²) in [5.41, 5.74) is 1.04. The molecule has 0 aromatic rings. The first-order valence-corrected chi connectivity index (χ1v) is 6.71. The summed E-state index contributed by atoms with van der Waals surface area (Å²) in [5, 5.41) is 7.03. The van der Waals surface area contributed by atoms with E-state index in [2.05, 4.69) is 52.2 Å². The first-order chi connectivity index (χ1) is 7.30. The molecule has 96 valence electrons. The van der Waals surface area contributed by atoms with E-state index in [1.165, 1.54) is 6.54 Å². The Morgan fingerprint density at radius 1 is 0.938 bits per heavy atom. The highest BCUT2D eigenvalue weighted by Gasteiger charge is 2.63. The van der Waals surface area contributed by atoms with Gasteiger partial charge in [-0.05, 0) is 35.8 Å². The van der Waals surface area contributed by atoms with Gasteiger partial charge in [-0.1, -0.05) is 41.5 Å². The van der Waals surface area contributed by atoms with Crippen molar-refractivity contribution in [2.24, 2.45) is 22.7 Å². The van der Waals surface area contributed by atoms with Gasteiger partial charge in [-0.2, -0.15) is 0 Å². The maximum absolute atomic E-state index is 3.57. The fourth-order valence-electron chi connectivity index (χ4n) is 2.66. The van der Waals surface area contributed by atoms with E-state index in [9.17, 15) is 0 Å². The third kappa shape index (κ3) is 2.98. The lowest BCUT2D eigenvalue weighted by Crippen LogP contribution is -2.31. The van der Waals surface area contributed by atoms with Crippen molar-refractivity contribution >= 4 is 0 Å². The molecule has 16 heavy (non-hydrogen) atoms. The molecule has 2 heteroatoms. The Labute approximate surface area is 102 Å². The van der Waals surface area contributed by atoms with E-state index in [0.29, 0.717) is 10.8 Å². The Hall–Kier alpha value is -0.0800. The SMILES string of the molecule is CC(C)CNCCNCC1C(C)(C)C1(C)C. The topological polar surface area (TPSA) is 24.1 Å². The highest BCUT2D eigenvalue weighted by Crippen LogP contribution is 2.67. The van der Waals surface area contributed by atoms with Gasteiger partial charge >= 0.3 is 0 Å². The molecule has 0 heterocycles. The smallest absolute Gasteiger partial charge is 0.00768 e. The van der Waals surface area contributed by atoms with Gasteiger partial charge in [-0.3, -0.25) is 0 Å². The van der Waals surface area contributed by atoms with E-state index < -0.39 is 0 Å². The van der Waals surface area contributed by atoms with Crippen LogP contribution in [0.4, 0.5) is 0 Å². The standard InChI is InChI=1S/C14H30N2/c1-11(2)9-15-7-8-16-10-12-13(3,4)14(12,5)6/h11-12,15-16H,7-10H2,1-6H3. The Morgan fingerprint density at radius 2 is 1.44 bits per heavy atom. The molecule has 1 aliphatic carbocycles. The summed E-state index contributed by atoms with van der Waals surface area (Å²) in [6.45, 7) is 18.5. The van der Waals surface area contributed by atoms with Crippen LogP contribution in [0.15, 0.2) is 0 Å². The average molecular weight is 226 g/mol. The van der Waals surface area contributed by atoms with Gasteiger partial charge in [-0.25, -0.2) is 0 Å². The van der Waals surface area contributed by atoms with Crippen molar-refractivity contribution in [3.05, 3.63) is 0 Å². The maximum Gasteiger partial charge on any atom is 0.00768 e. The lowest BCUT2D eigenvalue weighted by Gasteiger charge is -2.09. The number of rotatable bonds is 7. The third-order valence-corrected chi connectivity index (χ3v) is 4.70. The van der Waals surface area contributed by atoms with Crippen molar-refractivity contribution in [3.8, 4) is 0 Å². The van der Waals surface area contributed by atoms with Gasteiger partial charge < -0.3 is 10.6 Å². The van der Waals surface area contributed by atoms with Crippen molar-refractivity contribution in [2.75, 3.05) is 26.2 Å². The van der Waals surface area contributed by atoms with Crippen molar-refractivity contribution in [2.45, 2.75) is 41.5 Å². The van der Waals surface area contributed by atoms with E-state index in [0.717, 1.165) is 31.5 Å². The Morgan fingerprint density at radius 3 is 1.88 bits per heavy atom. The van der Waals surface area contributed by atoms with E-state index in [1.54, 1.807) is 0 Å². The highest BCUT2D eigenvalue weighted by atomic mass is 15.0. The van der Waals surface area contributed by atoms with Crippen LogP contribution in [0.1, 0.15) is 41.5 Å². The minimum Gasteiger partial charge on any atom is -0.315 e. The molecule has 1 aliphatic rings. The molecule has 2 N–H and O–H groups in total. The van der Waals surface area contributed by atoms with Crippen LogP contribution in [0.3, 0.4) is 0 Å². The average Bonchev–Trinajstić information content (AvgIpc) is 2.52. The molecule has 0 amide bonds. The quantitative estimate of drug-likeness (QED) is 0.652. The second-order valence-electron chi connectivity index (χ2n) is 6.80.